The monoisotopic (exact) mass is 302 g/mol. The van der Waals surface area contributed by atoms with Crippen molar-refractivity contribution in [3.05, 3.63) is 35.4 Å². The van der Waals surface area contributed by atoms with E-state index >= 15 is 0 Å². The van der Waals surface area contributed by atoms with Crippen LogP contribution in [-0.4, -0.2) is 36.3 Å². The van der Waals surface area contributed by atoms with Crippen LogP contribution in [0.5, 0.6) is 0 Å². The van der Waals surface area contributed by atoms with Crippen molar-refractivity contribution in [1.82, 2.24) is 10.2 Å². The molecule has 2 amide bonds. The summed E-state index contributed by atoms with van der Waals surface area (Å²) in [5, 5.41) is 2.99. The van der Waals surface area contributed by atoms with E-state index in [1.54, 1.807) is 0 Å². The van der Waals surface area contributed by atoms with Gasteiger partial charge >= 0.3 is 0 Å². The third kappa shape index (κ3) is 4.33. The number of amides is 2. The molecule has 1 fully saturated rings. The molecular weight excluding hydrogens is 276 g/mol. The molecule has 0 aliphatic carbocycles. The van der Waals surface area contributed by atoms with Crippen molar-refractivity contribution in [3.63, 3.8) is 0 Å². The number of piperidine rings is 1. The lowest BCUT2D eigenvalue weighted by Crippen LogP contribution is -2.43. The van der Waals surface area contributed by atoms with Gasteiger partial charge < -0.3 is 10.2 Å². The maximum atomic E-state index is 12.6. The van der Waals surface area contributed by atoms with Gasteiger partial charge in [0, 0.05) is 31.6 Å². The summed E-state index contributed by atoms with van der Waals surface area (Å²) in [5.74, 6) is 0.593. The fourth-order valence-electron chi connectivity index (χ4n) is 2.97. The van der Waals surface area contributed by atoms with Crippen molar-refractivity contribution >= 4 is 11.8 Å². The van der Waals surface area contributed by atoms with Gasteiger partial charge in [-0.15, -0.1) is 0 Å². The van der Waals surface area contributed by atoms with Crippen molar-refractivity contribution in [2.45, 2.75) is 39.5 Å². The minimum Gasteiger partial charge on any atom is -0.356 e. The zero-order chi connectivity index (χ0) is 15.9. The van der Waals surface area contributed by atoms with Gasteiger partial charge in [-0.2, -0.15) is 0 Å². The number of benzene rings is 1. The van der Waals surface area contributed by atoms with Gasteiger partial charge in [0.25, 0.3) is 5.91 Å². The highest BCUT2D eigenvalue weighted by atomic mass is 16.2. The predicted octanol–water partition coefficient (Wildman–Crippen LogP) is 2.76. The Bertz CT molecular complexity index is 528. The van der Waals surface area contributed by atoms with Crippen LogP contribution < -0.4 is 5.32 Å². The Morgan fingerprint density at radius 1 is 1.32 bits per heavy atom. The number of hydrogen-bond donors (Lipinski definition) is 1. The molecule has 1 saturated heterocycles. The van der Waals surface area contributed by atoms with Crippen LogP contribution in [0.1, 0.15) is 48.5 Å². The Balaban J connectivity index is 1.91. The Kier molecular flexibility index (Phi) is 5.99. The second-order valence-electron chi connectivity index (χ2n) is 6.13. The normalized spacial score (nSPS) is 18.1. The molecule has 0 unspecified atom stereocenters. The molecule has 0 bridgehead atoms. The van der Waals surface area contributed by atoms with Gasteiger partial charge in [-0.05, 0) is 43.7 Å². The van der Waals surface area contributed by atoms with Gasteiger partial charge in [0.2, 0.25) is 5.91 Å². The van der Waals surface area contributed by atoms with Crippen molar-refractivity contribution in [3.8, 4) is 0 Å². The van der Waals surface area contributed by atoms with E-state index in [2.05, 4.69) is 5.32 Å². The largest absolute Gasteiger partial charge is 0.356 e. The predicted molar refractivity (Wildman–Crippen MR) is 87.7 cm³/mol. The number of likely N-dealkylation sites (tertiary alicyclic amines) is 1. The zero-order valence-corrected chi connectivity index (χ0v) is 13.6. The Morgan fingerprint density at radius 3 is 2.82 bits per heavy atom. The fraction of sp³-hybridized carbons (Fsp3) is 0.556. The van der Waals surface area contributed by atoms with Gasteiger partial charge in [-0.3, -0.25) is 9.59 Å². The van der Waals surface area contributed by atoms with E-state index in [9.17, 15) is 9.59 Å². The van der Waals surface area contributed by atoms with Crippen LogP contribution in [0.2, 0.25) is 0 Å². The molecule has 4 heteroatoms. The fourth-order valence-corrected chi connectivity index (χ4v) is 2.97. The number of rotatable bonds is 5. The van der Waals surface area contributed by atoms with E-state index in [0.717, 1.165) is 43.5 Å². The molecule has 22 heavy (non-hydrogen) atoms. The van der Waals surface area contributed by atoms with E-state index in [4.69, 9.17) is 0 Å². The maximum absolute atomic E-state index is 12.6. The minimum absolute atomic E-state index is 0.114. The third-order valence-electron chi connectivity index (χ3n) is 4.25. The molecule has 2 rings (SSSR count). The summed E-state index contributed by atoms with van der Waals surface area (Å²) in [6.45, 7) is 6.20. The lowest BCUT2D eigenvalue weighted by atomic mass is 9.96. The molecule has 0 radical (unpaired) electrons. The average molecular weight is 302 g/mol. The highest BCUT2D eigenvalue weighted by molar-refractivity contribution is 5.95. The lowest BCUT2D eigenvalue weighted by molar-refractivity contribution is -0.121. The third-order valence-corrected chi connectivity index (χ3v) is 4.25. The molecule has 4 nitrogen and oxygen atoms in total. The van der Waals surface area contributed by atoms with Crippen LogP contribution in [-0.2, 0) is 4.79 Å². The molecule has 1 aromatic rings. The maximum Gasteiger partial charge on any atom is 0.254 e. The van der Waals surface area contributed by atoms with Crippen LogP contribution in [0.4, 0.5) is 0 Å². The van der Waals surface area contributed by atoms with Crippen LogP contribution in [0, 0.1) is 12.8 Å². The molecule has 1 atom stereocenters. The number of nitrogens with one attached hydrogen (secondary N) is 1. The molecular formula is C18H26N2O2. The van der Waals surface area contributed by atoms with Gasteiger partial charge in [0.05, 0.1) is 0 Å². The second kappa shape index (κ2) is 7.97. The molecule has 1 N–H and O–H groups in total. The van der Waals surface area contributed by atoms with Crippen molar-refractivity contribution in [1.29, 1.82) is 0 Å². The van der Waals surface area contributed by atoms with Gasteiger partial charge in [0.1, 0.15) is 0 Å². The first-order valence-corrected chi connectivity index (χ1v) is 8.23. The lowest BCUT2D eigenvalue weighted by Gasteiger charge is -2.33. The molecule has 1 aliphatic rings. The Morgan fingerprint density at radius 2 is 2.09 bits per heavy atom. The van der Waals surface area contributed by atoms with E-state index in [1.807, 2.05) is 43.0 Å². The topological polar surface area (TPSA) is 49.4 Å². The Hall–Kier alpha value is -1.84. The minimum atomic E-state index is 0.114. The first-order chi connectivity index (χ1) is 10.6. The first kappa shape index (κ1) is 16.5. The Labute approximate surface area is 132 Å². The van der Waals surface area contributed by atoms with Crippen LogP contribution >= 0.6 is 0 Å². The summed E-state index contributed by atoms with van der Waals surface area (Å²) < 4.78 is 0. The second-order valence-corrected chi connectivity index (χ2v) is 6.13. The SMILES string of the molecule is CCCC(=O)NC[C@H]1CCCN(C(=O)c2ccccc2C)C1. The number of aryl methyl sites for hydroxylation is 1. The number of hydrogen-bond acceptors (Lipinski definition) is 2. The van der Waals surface area contributed by atoms with E-state index in [1.165, 1.54) is 0 Å². The quantitative estimate of drug-likeness (QED) is 0.909. The average Bonchev–Trinajstić information content (AvgIpc) is 2.53. The summed E-state index contributed by atoms with van der Waals surface area (Å²) in [4.78, 5) is 26.2. The standard InChI is InChI=1S/C18H26N2O2/c1-3-7-17(21)19-12-15-9-6-11-20(13-15)18(22)16-10-5-4-8-14(16)2/h4-5,8,10,15H,3,6-7,9,11-13H2,1-2H3,(H,19,21)/t15-/m1/s1. The van der Waals surface area contributed by atoms with E-state index in [-0.39, 0.29) is 11.8 Å². The smallest absolute Gasteiger partial charge is 0.254 e. The van der Waals surface area contributed by atoms with Crippen LogP contribution in [0.25, 0.3) is 0 Å². The van der Waals surface area contributed by atoms with Crippen LogP contribution in [0.15, 0.2) is 24.3 Å². The summed E-state index contributed by atoms with van der Waals surface area (Å²) in [7, 11) is 0. The molecule has 120 valence electrons. The van der Waals surface area contributed by atoms with Crippen molar-refractivity contribution < 1.29 is 9.59 Å². The summed E-state index contributed by atoms with van der Waals surface area (Å²) in [6.07, 6.45) is 3.53. The molecule has 0 spiro atoms. The summed E-state index contributed by atoms with van der Waals surface area (Å²) in [5.41, 5.74) is 1.81. The van der Waals surface area contributed by atoms with Crippen molar-refractivity contribution in [2.24, 2.45) is 5.92 Å². The molecule has 1 aliphatic heterocycles. The molecule has 0 aromatic heterocycles. The van der Waals surface area contributed by atoms with Gasteiger partial charge in [0.15, 0.2) is 0 Å². The van der Waals surface area contributed by atoms with Gasteiger partial charge in [-0.25, -0.2) is 0 Å². The number of nitrogens with zero attached hydrogens (tertiary/aromatic N) is 1. The molecule has 1 heterocycles. The first-order valence-electron chi connectivity index (χ1n) is 8.23. The highest BCUT2D eigenvalue weighted by Crippen LogP contribution is 2.19. The number of carbonyl (C=O) groups is 2. The van der Waals surface area contributed by atoms with Crippen molar-refractivity contribution in [2.75, 3.05) is 19.6 Å². The molecule has 1 aromatic carbocycles. The number of carbonyl (C=O) groups excluding carboxylic acids is 2. The van der Waals surface area contributed by atoms with Crippen LogP contribution in [0.3, 0.4) is 0 Å². The van der Waals surface area contributed by atoms with E-state index in [0.29, 0.717) is 18.9 Å². The highest BCUT2D eigenvalue weighted by Gasteiger charge is 2.25. The zero-order valence-electron chi connectivity index (χ0n) is 13.6. The summed E-state index contributed by atoms with van der Waals surface area (Å²) in [6, 6.07) is 7.73. The van der Waals surface area contributed by atoms with E-state index < -0.39 is 0 Å². The van der Waals surface area contributed by atoms with Gasteiger partial charge in [-0.1, -0.05) is 25.1 Å². The summed E-state index contributed by atoms with van der Waals surface area (Å²) >= 11 is 0. The molecule has 0 saturated carbocycles.